The Kier molecular flexibility index (Phi) is 4.14. The average Bonchev–Trinajstić information content (AvgIpc) is 1.61. The first-order chi connectivity index (χ1) is 3.27. The molecule has 2 N–H and O–H groups in total. The summed E-state index contributed by atoms with van der Waals surface area (Å²) in [6.45, 7) is 1.92. The largest absolute Gasteiger partial charge is 0.319 e. The molecule has 0 spiro atoms. The third-order valence-corrected chi connectivity index (χ3v) is 1.14. The van der Waals surface area contributed by atoms with Crippen molar-refractivity contribution in [3.63, 3.8) is 0 Å². The van der Waals surface area contributed by atoms with Gasteiger partial charge in [0.15, 0.2) is 0 Å². The fourth-order valence-electron chi connectivity index (χ4n) is 0.157. The van der Waals surface area contributed by atoms with Crippen LogP contribution in [0, 0.1) is 0 Å². The molecule has 0 saturated carbocycles. The van der Waals surface area contributed by atoms with Crippen LogP contribution >= 0.6 is 11.8 Å². The molecule has 0 bridgehead atoms. The summed E-state index contributed by atoms with van der Waals surface area (Å²) in [5.74, 6) is 0. The van der Waals surface area contributed by atoms with E-state index in [9.17, 15) is 0 Å². The Hall–Kier alpha value is -0.0200. The van der Waals surface area contributed by atoms with Gasteiger partial charge in [-0.1, -0.05) is 11.8 Å². The molecule has 0 aromatic carbocycles. The van der Waals surface area contributed by atoms with Crippen molar-refractivity contribution in [2.45, 2.75) is 12.3 Å². The van der Waals surface area contributed by atoms with Crippen LogP contribution in [0.1, 0.15) is 6.92 Å². The summed E-state index contributed by atoms with van der Waals surface area (Å²) in [6, 6.07) is 0. The first-order valence-corrected chi connectivity index (χ1v) is 3.03. The molecule has 0 saturated heterocycles. The molecule has 0 amide bonds. The third kappa shape index (κ3) is 5.98. The van der Waals surface area contributed by atoms with Crippen LogP contribution < -0.4 is 5.73 Å². The highest BCUT2D eigenvalue weighted by Crippen LogP contribution is 1.97. The van der Waals surface area contributed by atoms with Crippen molar-refractivity contribution in [2.75, 3.05) is 7.05 Å². The summed E-state index contributed by atoms with van der Waals surface area (Å²) in [5.41, 5.74) is 7.09. The van der Waals surface area contributed by atoms with Crippen LogP contribution in [0.25, 0.3) is 0 Å². The van der Waals surface area contributed by atoms with Crippen LogP contribution in [-0.4, -0.2) is 18.0 Å². The second kappa shape index (κ2) is 4.15. The van der Waals surface area contributed by atoms with Crippen molar-refractivity contribution >= 4 is 17.3 Å². The minimum atomic E-state index is 0.170. The van der Waals surface area contributed by atoms with Gasteiger partial charge in [0.2, 0.25) is 0 Å². The number of nitrogens with zero attached hydrogens (tertiary/aromatic N) is 1. The fraction of sp³-hybridized carbons (Fsp3) is 0.750. The van der Waals surface area contributed by atoms with Gasteiger partial charge in [-0.3, -0.25) is 4.99 Å². The lowest BCUT2D eigenvalue weighted by molar-refractivity contribution is 1.05. The summed E-state index contributed by atoms with van der Waals surface area (Å²) in [4.78, 5) is 3.73. The maximum absolute atomic E-state index is 5.35. The summed E-state index contributed by atoms with van der Waals surface area (Å²) in [7, 11) is 1.73. The molecule has 1 unspecified atom stereocenters. The standard InChI is InChI=1S/C4H10N2S/c1-4(5)7-3-6-2/h3-4H,5H2,1-2H3/b6-3-. The molecule has 42 valence electrons. The number of thioether (sulfide) groups is 1. The van der Waals surface area contributed by atoms with E-state index in [4.69, 9.17) is 5.73 Å². The summed E-state index contributed by atoms with van der Waals surface area (Å²) >= 11 is 1.52. The average molecular weight is 118 g/mol. The van der Waals surface area contributed by atoms with Gasteiger partial charge >= 0.3 is 0 Å². The molecular weight excluding hydrogens is 108 g/mol. The highest BCUT2D eigenvalue weighted by molar-refractivity contribution is 8.12. The first-order valence-electron chi connectivity index (χ1n) is 2.09. The molecule has 2 nitrogen and oxygen atoms in total. The second-order valence-corrected chi connectivity index (χ2v) is 2.43. The Labute approximate surface area is 48.2 Å². The monoisotopic (exact) mass is 118 g/mol. The third-order valence-electron chi connectivity index (χ3n) is 0.381. The van der Waals surface area contributed by atoms with Gasteiger partial charge in [0.25, 0.3) is 0 Å². The molecule has 3 heteroatoms. The smallest absolute Gasteiger partial charge is 0.0552 e. The Morgan fingerprint density at radius 3 is 2.57 bits per heavy atom. The van der Waals surface area contributed by atoms with Crippen LogP contribution in [0.3, 0.4) is 0 Å². The highest BCUT2D eigenvalue weighted by atomic mass is 32.2. The van der Waals surface area contributed by atoms with E-state index in [2.05, 4.69) is 4.99 Å². The van der Waals surface area contributed by atoms with Crippen LogP contribution in [0.5, 0.6) is 0 Å². The number of hydrogen-bond donors (Lipinski definition) is 1. The highest BCUT2D eigenvalue weighted by Gasteiger charge is 1.84. The van der Waals surface area contributed by atoms with E-state index in [0.29, 0.717) is 0 Å². The number of hydrogen-bond acceptors (Lipinski definition) is 3. The van der Waals surface area contributed by atoms with Crippen molar-refractivity contribution < 1.29 is 0 Å². The molecule has 0 rings (SSSR count). The lowest BCUT2D eigenvalue weighted by Gasteiger charge is -1.93. The van der Waals surface area contributed by atoms with Gasteiger partial charge < -0.3 is 5.73 Å². The van der Waals surface area contributed by atoms with Gasteiger partial charge in [-0.05, 0) is 6.92 Å². The topological polar surface area (TPSA) is 38.4 Å². The van der Waals surface area contributed by atoms with Crippen LogP contribution in [0.4, 0.5) is 0 Å². The summed E-state index contributed by atoms with van der Waals surface area (Å²) in [5, 5.41) is 0.170. The van der Waals surface area contributed by atoms with Gasteiger partial charge in [-0.2, -0.15) is 0 Å². The molecule has 0 aromatic heterocycles. The molecule has 0 radical (unpaired) electrons. The predicted molar refractivity (Wildman–Crippen MR) is 35.7 cm³/mol. The first kappa shape index (κ1) is 6.98. The normalized spacial score (nSPS) is 15.3. The van der Waals surface area contributed by atoms with Crippen LogP contribution in [0.2, 0.25) is 0 Å². The van der Waals surface area contributed by atoms with Crippen molar-refractivity contribution in [3.8, 4) is 0 Å². The zero-order valence-corrected chi connectivity index (χ0v) is 5.40. The molecule has 0 aliphatic rings. The van der Waals surface area contributed by atoms with Gasteiger partial charge in [0.1, 0.15) is 0 Å². The van der Waals surface area contributed by atoms with E-state index in [1.54, 1.807) is 12.6 Å². The van der Waals surface area contributed by atoms with Gasteiger partial charge in [-0.25, -0.2) is 0 Å². The number of rotatable bonds is 2. The van der Waals surface area contributed by atoms with Gasteiger partial charge in [0.05, 0.1) is 10.9 Å². The lowest BCUT2D eigenvalue weighted by Crippen LogP contribution is -2.08. The molecule has 1 atom stereocenters. The quantitative estimate of drug-likeness (QED) is 0.329. The van der Waals surface area contributed by atoms with Crippen molar-refractivity contribution in [1.29, 1.82) is 0 Å². The van der Waals surface area contributed by atoms with Crippen molar-refractivity contribution in [2.24, 2.45) is 10.7 Å². The van der Waals surface area contributed by atoms with Crippen LogP contribution in [-0.2, 0) is 0 Å². The Morgan fingerprint density at radius 1 is 1.86 bits per heavy atom. The Morgan fingerprint density at radius 2 is 2.43 bits per heavy atom. The Bertz CT molecular complexity index is 60.7. The van der Waals surface area contributed by atoms with Gasteiger partial charge in [0, 0.05) is 7.05 Å². The molecule has 7 heavy (non-hydrogen) atoms. The minimum Gasteiger partial charge on any atom is -0.319 e. The Balaban J connectivity index is 2.97. The van der Waals surface area contributed by atoms with Crippen molar-refractivity contribution in [1.82, 2.24) is 0 Å². The number of aliphatic imine (C=N–C) groups is 1. The zero-order valence-electron chi connectivity index (χ0n) is 4.59. The second-order valence-electron chi connectivity index (χ2n) is 1.20. The van der Waals surface area contributed by atoms with Gasteiger partial charge in [-0.15, -0.1) is 0 Å². The maximum Gasteiger partial charge on any atom is 0.0552 e. The SMILES string of the molecule is C/N=C\SC(C)N. The molecule has 0 aliphatic carbocycles. The maximum atomic E-state index is 5.35. The van der Waals surface area contributed by atoms with Crippen molar-refractivity contribution in [3.05, 3.63) is 0 Å². The van der Waals surface area contributed by atoms with E-state index in [0.717, 1.165) is 0 Å². The lowest BCUT2D eigenvalue weighted by atomic mass is 10.8. The van der Waals surface area contributed by atoms with E-state index in [1.807, 2.05) is 6.92 Å². The fourth-order valence-corrected chi connectivity index (χ4v) is 0.471. The zero-order chi connectivity index (χ0) is 5.70. The number of nitrogens with two attached hydrogens (primary N) is 1. The summed E-state index contributed by atoms with van der Waals surface area (Å²) in [6.07, 6.45) is 0. The molecule has 0 aliphatic heterocycles. The predicted octanol–water partition coefficient (Wildman–Crippen LogP) is 0.682. The molecule has 0 heterocycles. The molecular formula is C4H10N2S. The minimum absolute atomic E-state index is 0.170. The van der Waals surface area contributed by atoms with E-state index in [1.165, 1.54) is 11.8 Å². The summed E-state index contributed by atoms with van der Waals surface area (Å²) < 4.78 is 0. The van der Waals surface area contributed by atoms with Crippen LogP contribution in [0.15, 0.2) is 4.99 Å². The molecule has 0 fully saturated rings. The van der Waals surface area contributed by atoms with E-state index >= 15 is 0 Å². The van der Waals surface area contributed by atoms with E-state index < -0.39 is 0 Å². The molecule has 0 aromatic rings. The van der Waals surface area contributed by atoms with E-state index in [-0.39, 0.29) is 5.37 Å².